The Labute approximate surface area is 311 Å². The Morgan fingerprint density at radius 3 is 1.54 bits per heavy atom. The fraction of sp³-hybridized carbons (Fsp3) is 0. The molecular formula is C49H31N5. The first-order valence-electron chi connectivity index (χ1n) is 18.2. The monoisotopic (exact) mass is 689 g/mol. The second kappa shape index (κ2) is 12.1. The minimum absolute atomic E-state index is 0.704. The summed E-state index contributed by atoms with van der Waals surface area (Å²) in [5, 5.41) is 3.51. The van der Waals surface area contributed by atoms with Crippen molar-refractivity contribution < 1.29 is 0 Å². The summed E-state index contributed by atoms with van der Waals surface area (Å²) in [6.45, 7) is 0. The highest BCUT2D eigenvalue weighted by Crippen LogP contribution is 2.40. The van der Waals surface area contributed by atoms with E-state index in [1.165, 1.54) is 21.8 Å². The van der Waals surface area contributed by atoms with Crippen LogP contribution in [0.25, 0.3) is 100 Å². The molecule has 0 unspecified atom stereocenters. The molecule has 4 heterocycles. The van der Waals surface area contributed by atoms with E-state index in [0.29, 0.717) is 5.82 Å². The molecule has 0 atom stereocenters. The molecule has 11 rings (SSSR count). The number of pyridine rings is 1. The first-order valence-corrected chi connectivity index (χ1v) is 18.2. The van der Waals surface area contributed by atoms with Crippen molar-refractivity contribution >= 4 is 49.4 Å². The lowest BCUT2D eigenvalue weighted by Crippen LogP contribution is -1.97. The van der Waals surface area contributed by atoms with E-state index < -0.39 is 0 Å². The first-order chi connectivity index (χ1) is 26.8. The molecule has 5 heteroatoms. The highest BCUT2D eigenvalue weighted by molar-refractivity contribution is 6.21. The van der Waals surface area contributed by atoms with Gasteiger partial charge in [-0.3, -0.25) is 4.40 Å². The van der Waals surface area contributed by atoms with Crippen molar-refractivity contribution in [3.8, 4) is 50.7 Å². The van der Waals surface area contributed by atoms with E-state index >= 15 is 0 Å². The maximum absolute atomic E-state index is 5.13. The molecule has 252 valence electrons. The number of para-hydroxylation sites is 3. The van der Waals surface area contributed by atoms with Crippen molar-refractivity contribution in [1.29, 1.82) is 0 Å². The summed E-state index contributed by atoms with van der Waals surface area (Å²) in [7, 11) is 0. The third-order valence-corrected chi connectivity index (χ3v) is 10.5. The standard InChI is InChI=1S/C49H31N5/c1-3-13-34(14-4-1)42-31-43(35-15-5-2-6-16-35)51-48(50-42)36-25-23-32(24-26-36)33-27-29-37(30-28-33)53-44-21-11-9-19-40(44)47-46(53)38-17-7-8-18-39(38)49-52-41-20-10-12-22-45(41)54(47)49/h1-31H. The van der Waals surface area contributed by atoms with Gasteiger partial charge in [-0.2, -0.15) is 0 Å². The van der Waals surface area contributed by atoms with E-state index in [1.54, 1.807) is 0 Å². The van der Waals surface area contributed by atoms with Gasteiger partial charge < -0.3 is 4.57 Å². The van der Waals surface area contributed by atoms with Crippen LogP contribution in [0.1, 0.15) is 0 Å². The molecule has 0 bridgehead atoms. The van der Waals surface area contributed by atoms with Crippen molar-refractivity contribution in [2.75, 3.05) is 0 Å². The fourth-order valence-corrected chi connectivity index (χ4v) is 7.99. The van der Waals surface area contributed by atoms with E-state index in [0.717, 1.165) is 72.5 Å². The SMILES string of the molecule is c1ccc(-c2cc(-c3ccccc3)nc(-c3ccc(-c4ccc(-n5c6ccccc6c6c5c5ccccc5c5nc7ccccc7n56)cc4)cc3)n2)cc1. The van der Waals surface area contributed by atoms with Gasteiger partial charge in [0.05, 0.1) is 39.0 Å². The van der Waals surface area contributed by atoms with Crippen molar-refractivity contribution in [3.05, 3.63) is 188 Å². The van der Waals surface area contributed by atoms with Crippen molar-refractivity contribution in [3.63, 3.8) is 0 Å². The molecule has 0 amide bonds. The van der Waals surface area contributed by atoms with Crippen molar-refractivity contribution in [2.24, 2.45) is 0 Å². The van der Waals surface area contributed by atoms with Crippen LogP contribution in [0.2, 0.25) is 0 Å². The van der Waals surface area contributed by atoms with Crippen LogP contribution >= 0.6 is 0 Å². The van der Waals surface area contributed by atoms with Crippen LogP contribution in [0.15, 0.2) is 188 Å². The van der Waals surface area contributed by atoms with Gasteiger partial charge in [0.15, 0.2) is 5.82 Å². The van der Waals surface area contributed by atoms with Crippen LogP contribution in [-0.2, 0) is 0 Å². The van der Waals surface area contributed by atoms with Gasteiger partial charge in [0.1, 0.15) is 5.65 Å². The molecule has 0 spiro atoms. The molecule has 0 N–H and O–H groups in total. The molecule has 11 aromatic rings. The molecule has 7 aromatic carbocycles. The van der Waals surface area contributed by atoms with E-state index in [4.69, 9.17) is 15.0 Å². The molecule has 0 aliphatic rings. The van der Waals surface area contributed by atoms with E-state index in [1.807, 2.05) is 36.4 Å². The topological polar surface area (TPSA) is 48.0 Å². The van der Waals surface area contributed by atoms with Crippen LogP contribution in [-0.4, -0.2) is 23.9 Å². The molecule has 0 radical (unpaired) electrons. The number of fused-ring (bicyclic) bond motifs is 10. The fourth-order valence-electron chi connectivity index (χ4n) is 7.99. The number of hydrogen-bond acceptors (Lipinski definition) is 3. The quantitative estimate of drug-likeness (QED) is 0.181. The van der Waals surface area contributed by atoms with Gasteiger partial charge in [-0.1, -0.05) is 152 Å². The highest BCUT2D eigenvalue weighted by Gasteiger charge is 2.21. The lowest BCUT2D eigenvalue weighted by atomic mass is 10.0. The summed E-state index contributed by atoms with van der Waals surface area (Å²) < 4.78 is 4.76. The lowest BCUT2D eigenvalue weighted by Gasteiger charge is -2.12. The summed E-state index contributed by atoms with van der Waals surface area (Å²) in [6, 6.07) is 66.0. The van der Waals surface area contributed by atoms with Crippen molar-refractivity contribution in [1.82, 2.24) is 23.9 Å². The third kappa shape index (κ3) is 4.76. The normalized spacial score (nSPS) is 11.7. The first kappa shape index (κ1) is 30.3. The Morgan fingerprint density at radius 1 is 0.352 bits per heavy atom. The van der Waals surface area contributed by atoms with Gasteiger partial charge in [-0.05, 0) is 47.5 Å². The van der Waals surface area contributed by atoms with Gasteiger partial charge >= 0.3 is 0 Å². The molecule has 5 nitrogen and oxygen atoms in total. The summed E-state index contributed by atoms with van der Waals surface area (Å²) in [4.78, 5) is 15.2. The largest absolute Gasteiger partial charge is 0.307 e. The molecule has 0 aliphatic heterocycles. The molecule has 0 fully saturated rings. The zero-order valence-electron chi connectivity index (χ0n) is 29.1. The predicted octanol–water partition coefficient (Wildman–Crippen LogP) is 12.2. The van der Waals surface area contributed by atoms with Gasteiger partial charge in [0, 0.05) is 38.5 Å². The number of imidazole rings is 1. The Kier molecular flexibility index (Phi) is 6.79. The Morgan fingerprint density at radius 2 is 0.870 bits per heavy atom. The number of rotatable bonds is 5. The Hall–Kier alpha value is -7.37. The number of benzene rings is 7. The van der Waals surface area contributed by atoms with Crippen molar-refractivity contribution in [2.45, 2.75) is 0 Å². The predicted molar refractivity (Wildman–Crippen MR) is 222 cm³/mol. The summed E-state index contributed by atoms with van der Waals surface area (Å²) in [6.07, 6.45) is 0. The van der Waals surface area contributed by atoms with Gasteiger partial charge in [0.2, 0.25) is 0 Å². The molecule has 0 saturated heterocycles. The van der Waals surface area contributed by atoms with Gasteiger partial charge in [-0.25, -0.2) is 15.0 Å². The summed E-state index contributed by atoms with van der Waals surface area (Å²) in [5.74, 6) is 0.704. The number of aromatic nitrogens is 5. The van der Waals surface area contributed by atoms with Crippen LogP contribution in [0.3, 0.4) is 0 Å². The Bertz CT molecular complexity index is 3120. The van der Waals surface area contributed by atoms with Crippen LogP contribution in [0.5, 0.6) is 0 Å². The zero-order chi connectivity index (χ0) is 35.6. The maximum Gasteiger partial charge on any atom is 0.160 e. The minimum Gasteiger partial charge on any atom is -0.307 e. The summed E-state index contributed by atoms with van der Waals surface area (Å²) >= 11 is 0. The van der Waals surface area contributed by atoms with Crippen LogP contribution in [0.4, 0.5) is 0 Å². The molecule has 0 saturated carbocycles. The molecule has 4 aromatic heterocycles. The van der Waals surface area contributed by atoms with Gasteiger partial charge in [-0.15, -0.1) is 0 Å². The molecular weight excluding hydrogens is 659 g/mol. The second-order valence-corrected chi connectivity index (χ2v) is 13.7. The summed E-state index contributed by atoms with van der Waals surface area (Å²) in [5.41, 5.74) is 14.9. The molecule has 0 aliphatic carbocycles. The Balaban J connectivity index is 1.02. The van der Waals surface area contributed by atoms with E-state index in [2.05, 4.69) is 161 Å². The van der Waals surface area contributed by atoms with E-state index in [9.17, 15) is 0 Å². The zero-order valence-corrected chi connectivity index (χ0v) is 29.1. The third-order valence-electron chi connectivity index (χ3n) is 10.5. The van der Waals surface area contributed by atoms with E-state index in [-0.39, 0.29) is 0 Å². The van der Waals surface area contributed by atoms with Gasteiger partial charge in [0.25, 0.3) is 0 Å². The minimum atomic E-state index is 0.704. The molecule has 54 heavy (non-hydrogen) atoms. The smallest absolute Gasteiger partial charge is 0.160 e. The highest BCUT2D eigenvalue weighted by atomic mass is 15.1. The van der Waals surface area contributed by atoms with Crippen LogP contribution in [0, 0.1) is 0 Å². The average molecular weight is 690 g/mol. The maximum atomic E-state index is 5.13. The lowest BCUT2D eigenvalue weighted by molar-refractivity contribution is 1.18. The average Bonchev–Trinajstić information content (AvgIpc) is 3.81. The van der Waals surface area contributed by atoms with Crippen LogP contribution < -0.4 is 0 Å². The number of nitrogens with zero attached hydrogens (tertiary/aromatic N) is 5. The second-order valence-electron chi connectivity index (χ2n) is 13.7. The number of hydrogen-bond donors (Lipinski definition) is 0.